The lowest BCUT2D eigenvalue weighted by atomic mass is 10.2. The van der Waals surface area contributed by atoms with Crippen LogP contribution in [0.5, 0.6) is 0 Å². The predicted molar refractivity (Wildman–Crippen MR) is 73.7 cm³/mol. The van der Waals surface area contributed by atoms with Crippen LogP contribution in [0, 0.1) is 11.6 Å². The van der Waals surface area contributed by atoms with Crippen LogP contribution in [-0.4, -0.2) is 58.1 Å². The molecule has 0 unspecified atom stereocenters. The van der Waals surface area contributed by atoms with E-state index in [-0.39, 0.29) is 37.8 Å². The van der Waals surface area contributed by atoms with Crippen LogP contribution in [-0.2, 0) is 0 Å². The van der Waals surface area contributed by atoms with E-state index >= 15 is 0 Å². The predicted octanol–water partition coefficient (Wildman–Crippen LogP) is 1.88. The van der Waals surface area contributed by atoms with Crippen LogP contribution in [0.15, 0.2) is 18.2 Å². The Bertz CT molecular complexity index is 712. The summed E-state index contributed by atoms with van der Waals surface area (Å²) in [7, 11) is 0. The number of benzene rings is 1. The quantitative estimate of drug-likeness (QED) is 0.844. The molecule has 0 saturated carbocycles. The Morgan fingerprint density at radius 3 is 2.23 bits per heavy atom. The minimum Gasteiger partial charge on any atom is -0.465 e. The molecule has 2 heterocycles. The second-order valence-electron chi connectivity index (χ2n) is 5.10. The molecule has 116 valence electrons. The summed E-state index contributed by atoms with van der Waals surface area (Å²) < 4.78 is 26.4. The van der Waals surface area contributed by atoms with Gasteiger partial charge in [-0.15, -0.1) is 0 Å². The van der Waals surface area contributed by atoms with Crippen molar-refractivity contribution in [2.75, 3.05) is 26.2 Å². The van der Waals surface area contributed by atoms with Gasteiger partial charge in [-0.05, 0) is 12.1 Å². The molecular formula is C14H13F2N3O3. The van der Waals surface area contributed by atoms with Gasteiger partial charge in [0, 0.05) is 43.1 Å². The first-order valence-corrected chi connectivity index (χ1v) is 6.70. The number of carboxylic acid groups (broad SMARTS) is 1. The Hall–Kier alpha value is -2.64. The summed E-state index contributed by atoms with van der Waals surface area (Å²) in [5, 5.41) is 9.28. The number of rotatable bonds is 1. The molecule has 0 radical (unpaired) electrons. The molecule has 6 nitrogen and oxygen atoms in total. The molecule has 2 N–H and O–H groups in total. The zero-order valence-electron chi connectivity index (χ0n) is 11.5. The normalized spacial score (nSPS) is 15.4. The molecule has 2 amide bonds. The number of nitrogens with zero attached hydrogens (tertiary/aromatic N) is 2. The molecule has 22 heavy (non-hydrogen) atoms. The van der Waals surface area contributed by atoms with Gasteiger partial charge in [0.15, 0.2) is 11.6 Å². The maximum atomic E-state index is 13.2. The summed E-state index contributed by atoms with van der Waals surface area (Å²) in [6.45, 7) is 1.04. The number of fused-ring (bicyclic) bond motifs is 1. The van der Waals surface area contributed by atoms with Crippen molar-refractivity contribution in [1.82, 2.24) is 14.8 Å². The largest absolute Gasteiger partial charge is 0.465 e. The van der Waals surface area contributed by atoms with E-state index in [1.807, 2.05) is 0 Å². The maximum absolute atomic E-state index is 13.2. The van der Waals surface area contributed by atoms with Crippen LogP contribution < -0.4 is 0 Å². The molecule has 8 heteroatoms. The third kappa shape index (κ3) is 2.47. The van der Waals surface area contributed by atoms with Crippen molar-refractivity contribution in [2.45, 2.75) is 0 Å². The average molecular weight is 309 g/mol. The van der Waals surface area contributed by atoms with Crippen molar-refractivity contribution >= 4 is 22.9 Å². The number of hydrogen-bond donors (Lipinski definition) is 2. The van der Waals surface area contributed by atoms with E-state index in [2.05, 4.69) is 4.98 Å². The highest BCUT2D eigenvalue weighted by molar-refractivity contribution is 5.98. The highest BCUT2D eigenvalue weighted by atomic mass is 19.2. The third-order valence-corrected chi connectivity index (χ3v) is 3.73. The molecule has 0 bridgehead atoms. The molecule has 1 aromatic heterocycles. The van der Waals surface area contributed by atoms with Crippen LogP contribution in [0.2, 0.25) is 0 Å². The van der Waals surface area contributed by atoms with Gasteiger partial charge in [0.1, 0.15) is 5.69 Å². The maximum Gasteiger partial charge on any atom is 0.407 e. The summed E-state index contributed by atoms with van der Waals surface area (Å²) in [6, 6.07) is 3.49. The van der Waals surface area contributed by atoms with Gasteiger partial charge < -0.3 is 19.9 Å². The molecular weight excluding hydrogens is 296 g/mol. The third-order valence-electron chi connectivity index (χ3n) is 3.73. The monoisotopic (exact) mass is 309 g/mol. The zero-order valence-corrected chi connectivity index (χ0v) is 11.5. The van der Waals surface area contributed by atoms with E-state index in [0.717, 1.165) is 12.1 Å². The molecule has 1 aromatic carbocycles. The van der Waals surface area contributed by atoms with E-state index < -0.39 is 17.7 Å². The van der Waals surface area contributed by atoms with Crippen LogP contribution in [0.25, 0.3) is 10.9 Å². The fourth-order valence-corrected chi connectivity index (χ4v) is 2.51. The van der Waals surface area contributed by atoms with Crippen molar-refractivity contribution in [3.05, 3.63) is 35.5 Å². The van der Waals surface area contributed by atoms with E-state index in [0.29, 0.717) is 10.9 Å². The van der Waals surface area contributed by atoms with E-state index in [1.54, 1.807) is 0 Å². The number of H-pyrrole nitrogens is 1. The van der Waals surface area contributed by atoms with Gasteiger partial charge in [-0.1, -0.05) is 0 Å². The molecule has 1 fully saturated rings. The second kappa shape index (κ2) is 5.28. The molecule has 2 aromatic rings. The van der Waals surface area contributed by atoms with Crippen LogP contribution in [0.4, 0.5) is 13.6 Å². The number of aromatic amines is 1. The van der Waals surface area contributed by atoms with Gasteiger partial charge in [0.05, 0.1) is 0 Å². The van der Waals surface area contributed by atoms with Gasteiger partial charge in [-0.2, -0.15) is 0 Å². The molecule has 1 aliphatic heterocycles. The van der Waals surface area contributed by atoms with Crippen LogP contribution in [0.3, 0.4) is 0 Å². The molecule has 0 aliphatic carbocycles. The molecule has 1 aliphatic rings. The van der Waals surface area contributed by atoms with Gasteiger partial charge in [-0.25, -0.2) is 13.6 Å². The van der Waals surface area contributed by atoms with E-state index in [1.165, 1.54) is 15.9 Å². The first kappa shape index (κ1) is 14.3. The number of piperazine rings is 1. The zero-order chi connectivity index (χ0) is 15.9. The van der Waals surface area contributed by atoms with Crippen molar-refractivity contribution in [3.63, 3.8) is 0 Å². The Labute approximate surface area is 123 Å². The summed E-state index contributed by atoms with van der Waals surface area (Å²) in [6.07, 6.45) is -1.01. The molecule has 0 atom stereocenters. The van der Waals surface area contributed by atoms with Crippen LogP contribution >= 0.6 is 0 Å². The number of carbonyl (C=O) groups is 2. The first-order valence-electron chi connectivity index (χ1n) is 6.70. The Morgan fingerprint density at radius 2 is 1.59 bits per heavy atom. The lowest BCUT2D eigenvalue weighted by Crippen LogP contribution is -2.50. The second-order valence-corrected chi connectivity index (χ2v) is 5.10. The summed E-state index contributed by atoms with van der Waals surface area (Å²) in [4.78, 5) is 28.7. The molecule has 1 saturated heterocycles. The number of aromatic nitrogens is 1. The number of hydrogen-bond acceptors (Lipinski definition) is 2. The van der Waals surface area contributed by atoms with Crippen molar-refractivity contribution in [1.29, 1.82) is 0 Å². The highest BCUT2D eigenvalue weighted by Gasteiger charge is 2.25. The molecule has 0 spiro atoms. The molecule has 3 rings (SSSR count). The smallest absolute Gasteiger partial charge is 0.407 e. The lowest BCUT2D eigenvalue weighted by molar-refractivity contribution is 0.0620. The highest BCUT2D eigenvalue weighted by Crippen LogP contribution is 2.20. The summed E-state index contributed by atoms with van der Waals surface area (Å²) >= 11 is 0. The van der Waals surface area contributed by atoms with Crippen molar-refractivity contribution in [2.24, 2.45) is 0 Å². The Morgan fingerprint density at radius 1 is 1.00 bits per heavy atom. The van der Waals surface area contributed by atoms with E-state index in [4.69, 9.17) is 5.11 Å². The minimum atomic E-state index is -1.01. The van der Waals surface area contributed by atoms with Gasteiger partial charge in [0.25, 0.3) is 5.91 Å². The minimum absolute atomic E-state index is 0.226. The fourth-order valence-electron chi connectivity index (χ4n) is 2.51. The van der Waals surface area contributed by atoms with Crippen molar-refractivity contribution in [3.8, 4) is 0 Å². The summed E-state index contributed by atoms with van der Waals surface area (Å²) in [5.41, 5.74) is 0.565. The average Bonchev–Trinajstić information content (AvgIpc) is 2.90. The number of amides is 2. The van der Waals surface area contributed by atoms with Crippen molar-refractivity contribution < 1.29 is 23.5 Å². The Kier molecular flexibility index (Phi) is 3.44. The van der Waals surface area contributed by atoms with Crippen LogP contribution in [0.1, 0.15) is 10.5 Å². The Balaban J connectivity index is 1.79. The SMILES string of the molecule is O=C(O)N1CCN(C(=O)c2cc3cc(F)c(F)cc3[nH]2)CC1. The van der Waals surface area contributed by atoms with Gasteiger partial charge in [-0.3, -0.25) is 4.79 Å². The fraction of sp³-hybridized carbons (Fsp3) is 0.286. The van der Waals surface area contributed by atoms with Gasteiger partial charge in [0.2, 0.25) is 0 Å². The topological polar surface area (TPSA) is 76.6 Å². The number of nitrogens with one attached hydrogen (secondary N) is 1. The standard InChI is InChI=1S/C14H13F2N3O3/c15-9-5-8-6-12(17-11(8)7-10(9)16)13(20)18-1-3-19(4-2-18)14(21)22/h5-7,17H,1-4H2,(H,21,22). The summed E-state index contributed by atoms with van der Waals surface area (Å²) in [5.74, 6) is -2.27. The number of carbonyl (C=O) groups excluding carboxylic acids is 1. The lowest BCUT2D eigenvalue weighted by Gasteiger charge is -2.32. The number of halogens is 2. The van der Waals surface area contributed by atoms with E-state index in [9.17, 15) is 18.4 Å². The first-order chi connectivity index (χ1) is 10.5. The van der Waals surface area contributed by atoms with Gasteiger partial charge >= 0.3 is 6.09 Å².